The van der Waals surface area contributed by atoms with Gasteiger partial charge in [0.1, 0.15) is 5.69 Å². The molecule has 6 nitrogen and oxygen atoms in total. The molecule has 1 heterocycles. The van der Waals surface area contributed by atoms with Gasteiger partial charge in [-0.05, 0) is 38.7 Å². The third kappa shape index (κ3) is 4.45. The summed E-state index contributed by atoms with van der Waals surface area (Å²) in [5.74, 6) is 1.29. The Kier molecular flexibility index (Phi) is 6.38. The number of hydrogen-bond donors (Lipinski definition) is 3. The van der Waals surface area contributed by atoms with Gasteiger partial charge < -0.3 is 28.2 Å². The first kappa shape index (κ1) is 16.4. The van der Waals surface area contributed by atoms with Gasteiger partial charge in [0.05, 0.1) is 12.6 Å². The van der Waals surface area contributed by atoms with Crippen molar-refractivity contribution < 1.29 is 26.9 Å². The minimum atomic E-state index is -0.501. The minimum absolute atomic E-state index is 0. The zero-order chi connectivity index (χ0) is 13.7. The molecule has 0 saturated heterocycles. The van der Waals surface area contributed by atoms with Crippen molar-refractivity contribution in [3.63, 3.8) is 0 Å². The predicted molar refractivity (Wildman–Crippen MR) is 73.9 cm³/mol. The molecular weight excluding hydrogens is 280 g/mol. The van der Waals surface area contributed by atoms with Crippen molar-refractivity contribution in [2.45, 2.75) is 38.6 Å². The van der Waals surface area contributed by atoms with Gasteiger partial charge in [-0.25, -0.2) is 9.78 Å². The van der Waals surface area contributed by atoms with E-state index in [0.717, 1.165) is 5.82 Å². The molecule has 1 aromatic heterocycles. The van der Waals surface area contributed by atoms with Crippen LogP contribution in [0.1, 0.15) is 32.6 Å². The van der Waals surface area contributed by atoms with Gasteiger partial charge in [-0.15, -0.1) is 0 Å². The topological polar surface area (TPSA) is 90.5 Å². The van der Waals surface area contributed by atoms with Gasteiger partial charge in [0.25, 0.3) is 0 Å². The van der Waals surface area contributed by atoms with Crippen LogP contribution < -0.4 is 33.8 Å². The molecule has 1 aromatic rings. The molecule has 0 radical (unpaired) electrons. The highest BCUT2D eigenvalue weighted by molar-refractivity contribution is 5.87. The fourth-order valence-electron chi connectivity index (χ4n) is 2.27. The van der Waals surface area contributed by atoms with E-state index in [1.54, 1.807) is 13.0 Å². The zero-order valence-electron chi connectivity index (χ0n) is 11.5. The van der Waals surface area contributed by atoms with Crippen LogP contribution in [-0.4, -0.2) is 18.7 Å². The summed E-state index contributed by atoms with van der Waals surface area (Å²) in [4.78, 5) is 14.4. The number of amides is 1. The molecular formula is C13H21ClN4O2. The quantitative estimate of drug-likeness (QED) is 0.666. The van der Waals surface area contributed by atoms with Gasteiger partial charge >= 0.3 is 6.09 Å². The van der Waals surface area contributed by atoms with E-state index >= 15 is 0 Å². The summed E-state index contributed by atoms with van der Waals surface area (Å²) in [7, 11) is 0. The normalized spacial score (nSPS) is 14.4. The number of carbonyl (C=O) groups is 1. The molecule has 20 heavy (non-hydrogen) atoms. The molecule has 0 atom stereocenters. The molecule has 0 bridgehead atoms. The maximum Gasteiger partial charge on any atom is 0.411 e. The summed E-state index contributed by atoms with van der Waals surface area (Å²) < 4.78 is 4.80. The lowest BCUT2D eigenvalue weighted by molar-refractivity contribution is -0.342. The maximum absolute atomic E-state index is 11.3. The smallest absolute Gasteiger partial charge is 0.411 e. The molecule has 1 saturated carbocycles. The Hall–Kier alpha value is -1.69. The molecule has 0 aliphatic heterocycles. The fourth-order valence-corrected chi connectivity index (χ4v) is 2.27. The van der Waals surface area contributed by atoms with Crippen molar-refractivity contribution in [1.29, 1.82) is 0 Å². The summed E-state index contributed by atoms with van der Waals surface area (Å²) >= 11 is 0. The molecule has 0 aromatic carbocycles. The number of pyridine rings is 1. The lowest BCUT2D eigenvalue weighted by atomic mass is 10.2. The summed E-state index contributed by atoms with van der Waals surface area (Å²) in [5.41, 5.74) is 6.40. The van der Waals surface area contributed by atoms with E-state index in [-0.39, 0.29) is 12.4 Å². The second kappa shape index (κ2) is 7.79. The lowest BCUT2D eigenvalue weighted by Gasteiger charge is -2.10. The highest BCUT2D eigenvalue weighted by Gasteiger charge is 2.18. The Labute approximate surface area is 124 Å². The fraction of sp³-hybridized carbons (Fsp3) is 0.538. The van der Waals surface area contributed by atoms with Crippen LogP contribution in [0.2, 0.25) is 0 Å². The molecule has 0 spiro atoms. The predicted octanol–water partition coefficient (Wildman–Crippen LogP) is -0.990. The average Bonchev–Trinajstić information content (AvgIpc) is 2.86. The highest BCUT2D eigenvalue weighted by Crippen LogP contribution is 2.22. The Morgan fingerprint density at radius 2 is 2.15 bits per heavy atom. The molecule has 0 unspecified atom stereocenters. The Morgan fingerprint density at radius 3 is 2.75 bits per heavy atom. The number of hydrogen-bond acceptors (Lipinski definition) is 4. The molecule has 2 rings (SSSR count). The van der Waals surface area contributed by atoms with Crippen molar-refractivity contribution in [2.75, 3.05) is 23.0 Å². The largest absolute Gasteiger partial charge is 1.00 e. The van der Waals surface area contributed by atoms with Gasteiger partial charge in [-0.1, -0.05) is 0 Å². The van der Waals surface area contributed by atoms with Crippen LogP contribution in [-0.2, 0) is 4.74 Å². The van der Waals surface area contributed by atoms with Gasteiger partial charge in [0.15, 0.2) is 0 Å². The summed E-state index contributed by atoms with van der Waals surface area (Å²) in [6.07, 6.45) is 4.43. The van der Waals surface area contributed by atoms with Crippen molar-refractivity contribution >= 4 is 23.4 Å². The number of carbonyl (C=O) groups excluding carboxylic acids is 1. The number of nitrogens with one attached hydrogen (secondary N) is 3. The number of anilines is 3. The van der Waals surface area contributed by atoms with Crippen molar-refractivity contribution in [1.82, 2.24) is 0 Å². The van der Waals surface area contributed by atoms with Crippen LogP contribution in [0.3, 0.4) is 0 Å². The van der Waals surface area contributed by atoms with Crippen molar-refractivity contribution in [3.05, 3.63) is 12.1 Å². The number of nitrogen functional groups attached to an aromatic ring is 1. The monoisotopic (exact) mass is 300 g/mol. The Bertz CT molecular complexity index is 450. The van der Waals surface area contributed by atoms with Crippen LogP contribution >= 0.6 is 0 Å². The third-order valence-corrected chi connectivity index (χ3v) is 3.20. The van der Waals surface area contributed by atoms with Crippen LogP contribution in [0.4, 0.5) is 22.1 Å². The van der Waals surface area contributed by atoms with E-state index in [4.69, 9.17) is 10.5 Å². The van der Waals surface area contributed by atoms with Gasteiger partial charge in [-0.2, -0.15) is 0 Å². The van der Waals surface area contributed by atoms with E-state index in [2.05, 4.69) is 15.6 Å². The van der Waals surface area contributed by atoms with Gasteiger partial charge in [0, 0.05) is 6.07 Å². The van der Waals surface area contributed by atoms with Crippen LogP contribution in [0.15, 0.2) is 12.1 Å². The Balaban J connectivity index is 0.00000200. The highest BCUT2D eigenvalue weighted by atomic mass is 35.5. The SMILES string of the molecule is CCOC(=O)Nc1ccc(NC2CCCC2)[nH+]c1N.[Cl-]. The number of aromatic amines is 1. The van der Waals surface area contributed by atoms with E-state index in [1.807, 2.05) is 6.07 Å². The van der Waals surface area contributed by atoms with Gasteiger partial charge in [-0.3, -0.25) is 5.32 Å². The third-order valence-electron chi connectivity index (χ3n) is 3.20. The number of H-pyrrole nitrogens is 1. The number of aromatic nitrogens is 1. The second-order valence-electron chi connectivity index (χ2n) is 4.67. The molecule has 7 heteroatoms. The summed E-state index contributed by atoms with van der Waals surface area (Å²) in [6, 6.07) is 4.15. The Morgan fingerprint density at radius 1 is 1.45 bits per heavy atom. The maximum atomic E-state index is 11.3. The molecule has 1 aliphatic carbocycles. The summed E-state index contributed by atoms with van der Waals surface area (Å²) in [5, 5.41) is 5.99. The molecule has 1 amide bonds. The minimum Gasteiger partial charge on any atom is -1.00 e. The number of rotatable bonds is 4. The van der Waals surface area contributed by atoms with Crippen LogP contribution in [0.25, 0.3) is 0 Å². The number of ether oxygens (including phenoxy) is 1. The second-order valence-corrected chi connectivity index (χ2v) is 4.67. The van der Waals surface area contributed by atoms with E-state index in [1.165, 1.54) is 25.7 Å². The standard InChI is InChI=1S/C13H20N4O2.ClH/c1-2-19-13(18)16-10-7-8-11(17-12(10)14)15-9-5-3-4-6-9;/h7-9H,2-6H2,1H3,(H,16,18)(H3,14,15,17);1H. The lowest BCUT2D eigenvalue weighted by Crippen LogP contribution is -3.00. The van der Waals surface area contributed by atoms with Crippen molar-refractivity contribution in [2.24, 2.45) is 0 Å². The van der Waals surface area contributed by atoms with E-state index in [9.17, 15) is 4.79 Å². The molecule has 112 valence electrons. The van der Waals surface area contributed by atoms with Crippen LogP contribution in [0, 0.1) is 0 Å². The average molecular weight is 301 g/mol. The molecule has 1 fully saturated rings. The molecule has 1 aliphatic rings. The van der Waals surface area contributed by atoms with Crippen LogP contribution in [0.5, 0.6) is 0 Å². The van der Waals surface area contributed by atoms with Crippen molar-refractivity contribution in [3.8, 4) is 0 Å². The van der Waals surface area contributed by atoms with E-state index in [0.29, 0.717) is 24.2 Å². The first-order chi connectivity index (χ1) is 9.19. The first-order valence-electron chi connectivity index (χ1n) is 6.71. The number of nitrogens with two attached hydrogens (primary N) is 1. The first-order valence-corrected chi connectivity index (χ1v) is 6.71. The number of halogens is 1. The summed E-state index contributed by atoms with van der Waals surface area (Å²) in [6.45, 7) is 2.08. The van der Waals surface area contributed by atoms with Gasteiger partial charge in [0.2, 0.25) is 11.6 Å². The molecule has 5 N–H and O–H groups in total. The zero-order valence-corrected chi connectivity index (χ0v) is 12.3. The van der Waals surface area contributed by atoms with E-state index < -0.39 is 6.09 Å².